The van der Waals surface area contributed by atoms with Gasteiger partial charge in [-0.15, -0.1) is 0 Å². The predicted octanol–water partition coefficient (Wildman–Crippen LogP) is 6.68. The minimum atomic E-state index is -2.55. The molecule has 0 aliphatic rings. The molecule has 0 unspecified atom stereocenters. The van der Waals surface area contributed by atoms with Crippen molar-refractivity contribution in [1.82, 2.24) is 29.9 Å². The maximum absolute atomic E-state index is 15.8. The van der Waals surface area contributed by atoms with E-state index in [-0.39, 0.29) is 33.1 Å². The maximum Gasteiger partial charge on any atom is 0.200 e. The number of halogens is 8. The molecule has 0 fully saturated rings. The lowest BCUT2D eigenvalue weighted by molar-refractivity contribution is 0.380. The number of nitrogens with zero attached hydrogens (tertiary/aromatic N) is 6. The molecule has 6 rings (SSSR count). The molecule has 3 aromatic heterocycles. The zero-order valence-electron chi connectivity index (χ0n) is 20.7. The van der Waals surface area contributed by atoms with Gasteiger partial charge in [-0.3, -0.25) is 0 Å². The number of benzene rings is 3. The molecule has 0 amide bonds. The summed E-state index contributed by atoms with van der Waals surface area (Å²) in [6.07, 6.45) is 0. The second-order valence-corrected chi connectivity index (χ2v) is 9.06. The van der Waals surface area contributed by atoms with Gasteiger partial charge in [-0.25, -0.2) is 65.0 Å². The fourth-order valence-corrected chi connectivity index (χ4v) is 4.41. The van der Waals surface area contributed by atoms with Crippen LogP contribution < -0.4 is 0 Å². The van der Waals surface area contributed by atoms with Crippen molar-refractivity contribution in [2.24, 2.45) is 0 Å². The third-order valence-corrected chi connectivity index (χ3v) is 6.69. The van der Waals surface area contributed by atoms with Gasteiger partial charge in [0.05, 0.1) is 33.9 Å². The molecule has 0 radical (unpaired) electrons. The lowest BCUT2D eigenvalue weighted by Crippen LogP contribution is -2.09. The Kier molecular flexibility index (Phi) is 5.41. The van der Waals surface area contributed by atoms with Crippen LogP contribution in [0.25, 0.3) is 55.3 Å². The molecule has 3 heterocycles. The van der Waals surface area contributed by atoms with E-state index in [1.807, 2.05) is 0 Å². The molecule has 40 heavy (non-hydrogen) atoms. The Balaban J connectivity index is 1.85. The molecule has 0 saturated carbocycles. The molecule has 0 N–H and O–H groups in total. The van der Waals surface area contributed by atoms with Crippen LogP contribution in [0, 0.1) is 74.2 Å². The third kappa shape index (κ3) is 3.27. The summed E-state index contributed by atoms with van der Waals surface area (Å²) in [5.74, 6) is -18.7. The van der Waals surface area contributed by atoms with E-state index < -0.39 is 68.7 Å². The van der Waals surface area contributed by atoms with Crippen molar-refractivity contribution in [2.75, 3.05) is 0 Å². The van der Waals surface area contributed by atoms with Gasteiger partial charge >= 0.3 is 0 Å². The summed E-state index contributed by atoms with van der Waals surface area (Å²) >= 11 is 0. The monoisotopic (exact) mass is 560 g/mol. The van der Waals surface area contributed by atoms with E-state index in [2.05, 4.69) is 29.9 Å². The van der Waals surface area contributed by atoms with E-state index in [9.17, 15) is 22.0 Å². The Morgan fingerprint density at radius 1 is 0.275 bits per heavy atom. The molecule has 14 heteroatoms. The highest BCUT2D eigenvalue weighted by molar-refractivity contribution is 6.19. The molecule has 0 atom stereocenters. The van der Waals surface area contributed by atoms with Crippen LogP contribution in [0.5, 0.6) is 0 Å². The van der Waals surface area contributed by atoms with Gasteiger partial charge in [-0.1, -0.05) is 0 Å². The Labute approximate surface area is 217 Å². The molecular weight excluding hydrogens is 548 g/mol. The molecule has 0 aliphatic heterocycles. The molecule has 0 aliphatic carbocycles. The minimum absolute atomic E-state index is 0.0273. The molecule has 202 valence electrons. The normalized spacial score (nSPS) is 12.0. The van der Waals surface area contributed by atoms with Crippen LogP contribution in [-0.2, 0) is 0 Å². The molecule has 3 aromatic carbocycles. The predicted molar refractivity (Wildman–Crippen MR) is 127 cm³/mol. The fraction of sp³-hybridized carbons (Fsp3) is 0.154. The standard InChI is InChI=1S/C26H12F8N6/c1-5-7(3)37-23-21(35-5)22-24(38-8(4)6(2)36-22)26-25(23)39-19-14(30)10(13(29)18(34)20(19)40-26)9-11(27)15(31)17(33)16(32)12(9)28/h1-4H3. The zero-order chi connectivity index (χ0) is 28.9. The summed E-state index contributed by atoms with van der Waals surface area (Å²) in [7, 11) is 0. The lowest BCUT2D eigenvalue weighted by atomic mass is 10.0. The molecule has 0 bridgehead atoms. The number of hydrogen-bond acceptors (Lipinski definition) is 6. The summed E-state index contributed by atoms with van der Waals surface area (Å²) in [4.78, 5) is 26.0. The van der Waals surface area contributed by atoms with Gasteiger partial charge in [0.2, 0.25) is 5.82 Å². The van der Waals surface area contributed by atoms with E-state index in [0.717, 1.165) is 0 Å². The quantitative estimate of drug-likeness (QED) is 0.0734. The topological polar surface area (TPSA) is 77.3 Å². The highest BCUT2D eigenvalue weighted by Crippen LogP contribution is 2.40. The number of rotatable bonds is 1. The van der Waals surface area contributed by atoms with E-state index >= 15 is 13.2 Å². The Morgan fingerprint density at radius 3 is 0.900 bits per heavy atom. The summed E-state index contributed by atoms with van der Waals surface area (Å²) in [5.41, 5.74) is -3.90. The molecule has 6 nitrogen and oxygen atoms in total. The van der Waals surface area contributed by atoms with Crippen LogP contribution >= 0.6 is 0 Å². The first-order valence-electron chi connectivity index (χ1n) is 11.4. The molecular formula is C26H12F8N6. The van der Waals surface area contributed by atoms with Gasteiger partial charge in [0.1, 0.15) is 44.1 Å². The van der Waals surface area contributed by atoms with Crippen molar-refractivity contribution in [3.8, 4) is 11.1 Å². The smallest absolute Gasteiger partial charge is 0.200 e. The van der Waals surface area contributed by atoms with E-state index in [1.54, 1.807) is 27.7 Å². The van der Waals surface area contributed by atoms with E-state index in [1.165, 1.54) is 0 Å². The van der Waals surface area contributed by atoms with Gasteiger partial charge in [0.25, 0.3) is 0 Å². The fourth-order valence-electron chi connectivity index (χ4n) is 4.41. The van der Waals surface area contributed by atoms with Crippen LogP contribution in [0.1, 0.15) is 22.8 Å². The van der Waals surface area contributed by atoms with E-state index in [4.69, 9.17) is 0 Å². The Morgan fingerprint density at radius 2 is 0.525 bits per heavy atom. The number of aryl methyl sites for hydroxylation is 4. The summed E-state index contributed by atoms with van der Waals surface area (Å²) in [5, 5.41) is 0. The van der Waals surface area contributed by atoms with Crippen molar-refractivity contribution in [1.29, 1.82) is 0 Å². The van der Waals surface area contributed by atoms with Gasteiger partial charge in [-0.2, -0.15) is 0 Å². The highest BCUT2D eigenvalue weighted by Gasteiger charge is 2.34. The highest BCUT2D eigenvalue weighted by atomic mass is 19.2. The van der Waals surface area contributed by atoms with Crippen LogP contribution in [0.4, 0.5) is 35.1 Å². The van der Waals surface area contributed by atoms with Gasteiger partial charge in [0, 0.05) is 0 Å². The first kappa shape index (κ1) is 25.6. The van der Waals surface area contributed by atoms with Gasteiger partial charge in [0.15, 0.2) is 40.7 Å². The number of fused-ring (bicyclic) bond motifs is 7. The maximum atomic E-state index is 15.8. The number of hydrogen-bond donors (Lipinski definition) is 0. The van der Waals surface area contributed by atoms with Gasteiger partial charge < -0.3 is 0 Å². The average molecular weight is 560 g/mol. The molecule has 0 spiro atoms. The second kappa shape index (κ2) is 8.44. The average Bonchev–Trinajstić information content (AvgIpc) is 2.93. The molecule has 0 saturated heterocycles. The van der Waals surface area contributed by atoms with Crippen molar-refractivity contribution in [2.45, 2.75) is 27.7 Å². The van der Waals surface area contributed by atoms with Crippen molar-refractivity contribution in [3.05, 3.63) is 69.3 Å². The van der Waals surface area contributed by atoms with E-state index in [0.29, 0.717) is 22.8 Å². The Hall–Kier alpha value is -4.62. The largest absolute Gasteiger partial charge is 0.247 e. The number of aromatic nitrogens is 6. The van der Waals surface area contributed by atoms with Gasteiger partial charge in [-0.05, 0) is 27.7 Å². The Bertz CT molecular complexity index is 2120. The summed E-state index contributed by atoms with van der Waals surface area (Å²) in [6.45, 7) is 6.61. The van der Waals surface area contributed by atoms with Crippen molar-refractivity contribution < 1.29 is 35.1 Å². The SMILES string of the molecule is Cc1nc2c3nc(C)c(C)nc3c3nc4c(F)c(-c5c(F)c(F)c(F)c(F)c5F)c(F)c(F)c4nc3c2nc1C. The van der Waals surface area contributed by atoms with Crippen LogP contribution in [0.2, 0.25) is 0 Å². The van der Waals surface area contributed by atoms with Crippen molar-refractivity contribution >= 4 is 44.1 Å². The summed E-state index contributed by atoms with van der Waals surface area (Å²) < 4.78 is 117. The van der Waals surface area contributed by atoms with Crippen LogP contribution in [-0.4, -0.2) is 29.9 Å². The molecule has 6 aromatic rings. The van der Waals surface area contributed by atoms with Crippen LogP contribution in [0.3, 0.4) is 0 Å². The zero-order valence-corrected chi connectivity index (χ0v) is 20.7. The van der Waals surface area contributed by atoms with Crippen molar-refractivity contribution in [3.63, 3.8) is 0 Å². The second-order valence-electron chi connectivity index (χ2n) is 9.06. The summed E-state index contributed by atoms with van der Waals surface area (Å²) in [6, 6.07) is 0. The lowest BCUT2D eigenvalue weighted by Gasteiger charge is -2.14. The van der Waals surface area contributed by atoms with Crippen LogP contribution in [0.15, 0.2) is 0 Å². The first-order valence-corrected chi connectivity index (χ1v) is 11.4. The minimum Gasteiger partial charge on any atom is -0.247 e. The third-order valence-electron chi connectivity index (χ3n) is 6.69. The first-order chi connectivity index (χ1) is 18.8.